The van der Waals surface area contributed by atoms with Gasteiger partial charge in [-0.05, 0) is 63.5 Å². The average Bonchev–Trinajstić information content (AvgIpc) is 2.95. The Bertz CT molecular complexity index is 438. The van der Waals surface area contributed by atoms with Crippen LogP contribution in [0, 0.1) is 0 Å². The Labute approximate surface area is 129 Å². The number of piperidine rings is 1. The van der Waals surface area contributed by atoms with Gasteiger partial charge in [-0.2, -0.15) is 0 Å². The third-order valence-corrected chi connectivity index (χ3v) is 5.06. The fourth-order valence-corrected chi connectivity index (χ4v) is 3.67. The van der Waals surface area contributed by atoms with Crippen molar-refractivity contribution in [1.82, 2.24) is 10.2 Å². The number of anilines is 1. The summed E-state index contributed by atoms with van der Waals surface area (Å²) in [5.41, 5.74) is 2.99. The molecule has 21 heavy (non-hydrogen) atoms. The summed E-state index contributed by atoms with van der Waals surface area (Å²) >= 11 is 0. The van der Waals surface area contributed by atoms with Crippen molar-refractivity contribution in [2.24, 2.45) is 0 Å². The number of hydrogen-bond donors (Lipinski definition) is 1. The molecule has 3 heteroatoms. The van der Waals surface area contributed by atoms with Crippen molar-refractivity contribution in [3.8, 4) is 0 Å². The van der Waals surface area contributed by atoms with Crippen LogP contribution in [0.3, 0.4) is 0 Å². The highest BCUT2D eigenvalue weighted by atomic mass is 15.2. The predicted molar refractivity (Wildman–Crippen MR) is 90.1 cm³/mol. The summed E-state index contributed by atoms with van der Waals surface area (Å²) in [6.45, 7) is 9.57. The molecule has 2 aliphatic rings. The van der Waals surface area contributed by atoms with Gasteiger partial charge in [0.1, 0.15) is 0 Å². The second-order valence-electron chi connectivity index (χ2n) is 6.38. The number of rotatable bonds is 6. The van der Waals surface area contributed by atoms with Crippen LogP contribution in [-0.2, 0) is 6.42 Å². The fraction of sp³-hybridized carbons (Fsp3) is 0.667. The molecule has 3 rings (SSSR count). The first-order valence-corrected chi connectivity index (χ1v) is 8.65. The summed E-state index contributed by atoms with van der Waals surface area (Å²) in [6, 6.07) is 9.62. The molecular formula is C18H29N3. The van der Waals surface area contributed by atoms with Crippen LogP contribution >= 0.6 is 0 Å². The smallest absolute Gasteiger partial charge is 0.0399 e. The zero-order valence-corrected chi connectivity index (χ0v) is 13.4. The molecule has 1 fully saturated rings. The Hall–Kier alpha value is -1.06. The van der Waals surface area contributed by atoms with Crippen LogP contribution in [0.5, 0.6) is 0 Å². The largest absolute Gasteiger partial charge is 0.371 e. The van der Waals surface area contributed by atoms with E-state index in [2.05, 4.69) is 46.3 Å². The predicted octanol–water partition coefficient (Wildman–Crippen LogP) is 2.51. The molecule has 2 aliphatic heterocycles. The number of fused-ring (bicyclic) bond motifs is 1. The monoisotopic (exact) mass is 287 g/mol. The van der Waals surface area contributed by atoms with E-state index in [0.717, 1.165) is 12.6 Å². The zero-order chi connectivity index (χ0) is 14.5. The minimum Gasteiger partial charge on any atom is -0.371 e. The van der Waals surface area contributed by atoms with Gasteiger partial charge in [0, 0.05) is 24.8 Å². The molecular weight excluding hydrogens is 258 g/mol. The maximum atomic E-state index is 3.76. The van der Waals surface area contributed by atoms with Crippen LogP contribution in [0.25, 0.3) is 0 Å². The van der Waals surface area contributed by atoms with E-state index in [1.807, 2.05) is 0 Å². The van der Waals surface area contributed by atoms with Gasteiger partial charge in [-0.3, -0.25) is 0 Å². The zero-order valence-electron chi connectivity index (χ0n) is 13.4. The normalized spacial score (nSPS) is 20.0. The van der Waals surface area contributed by atoms with Crippen LogP contribution in [0.2, 0.25) is 0 Å². The van der Waals surface area contributed by atoms with Gasteiger partial charge in [0.2, 0.25) is 0 Å². The Kier molecular flexibility index (Phi) is 5.15. The third-order valence-electron chi connectivity index (χ3n) is 5.06. The summed E-state index contributed by atoms with van der Waals surface area (Å²) in [7, 11) is 0. The summed E-state index contributed by atoms with van der Waals surface area (Å²) in [6.07, 6.45) is 5.11. The van der Waals surface area contributed by atoms with Crippen molar-refractivity contribution in [2.75, 3.05) is 44.2 Å². The first-order chi connectivity index (χ1) is 10.4. The Morgan fingerprint density at radius 2 is 1.95 bits per heavy atom. The summed E-state index contributed by atoms with van der Waals surface area (Å²) in [4.78, 5) is 5.11. The molecule has 0 radical (unpaired) electrons. The van der Waals surface area contributed by atoms with Crippen molar-refractivity contribution >= 4 is 5.69 Å². The van der Waals surface area contributed by atoms with Crippen molar-refractivity contribution in [3.05, 3.63) is 29.8 Å². The van der Waals surface area contributed by atoms with Gasteiger partial charge in [0.15, 0.2) is 0 Å². The molecule has 0 aromatic heterocycles. The molecule has 116 valence electrons. The SMILES string of the molecule is CCN1CCC(NCCCN2CCc3ccccc32)CC1. The van der Waals surface area contributed by atoms with E-state index in [4.69, 9.17) is 0 Å². The lowest BCUT2D eigenvalue weighted by molar-refractivity contribution is 0.206. The lowest BCUT2D eigenvalue weighted by Gasteiger charge is -2.31. The van der Waals surface area contributed by atoms with Gasteiger partial charge in [0.05, 0.1) is 0 Å². The van der Waals surface area contributed by atoms with Crippen molar-refractivity contribution < 1.29 is 0 Å². The molecule has 0 aliphatic carbocycles. The Morgan fingerprint density at radius 3 is 2.76 bits per heavy atom. The number of para-hydroxylation sites is 1. The van der Waals surface area contributed by atoms with E-state index in [1.54, 1.807) is 0 Å². The number of likely N-dealkylation sites (tertiary alicyclic amines) is 1. The van der Waals surface area contributed by atoms with E-state index in [9.17, 15) is 0 Å². The van der Waals surface area contributed by atoms with E-state index in [-0.39, 0.29) is 0 Å². The first-order valence-electron chi connectivity index (χ1n) is 8.65. The van der Waals surface area contributed by atoms with Crippen LogP contribution < -0.4 is 10.2 Å². The third kappa shape index (κ3) is 3.78. The molecule has 0 bridgehead atoms. The number of benzene rings is 1. The molecule has 1 aromatic carbocycles. The minimum atomic E-state index is 0.749. The van der Waals surface area contributed by atoms with Gasteiger partial charge < -0.3 is 15.1 Å². The molecule has 0 atom stereocenters. The number of nitrogens with one attached hydrogen (secondary N) is 1. The Morgan fingerprint density at radius 1 is 1.14 bits per heavy atom. The van der Waals surface area contributed by atoms with Gasteiger partial charge in [-0.15, -0.1) is 0 Å². The van der Waals surface area contributed by atoms with Crippen molar-refractivity contribution in [3.63, 3.8) is 0 Å². The van der Waals surface area contributed by atoms with Crippen molar-refractivity contribution in [1.29, 1.82) is 0 Å². The second-order valence-corrected chi connectivity index (χ2v) is 6.38. The first kappa shape index (κ1) is 14.9. The summed E-state index contributed by atoms with van der Waals surface area (Å²) in [5.74, 6) is 0. The molecule has 1 saturated heterocycles. The van der Waals surface area contributed by atoms with E-state index in [0.29, 0.717) is 0 Å². The standard InChI is InChI=1S/C18H29N3/c1-2-20-13-9-17(10-14-20)19-11-5-12-21-15-8-16-6-3-4-7-18(16)21/h3-4,6-7,17,19H,2,5,8-15H2,1H3. The van der Waals surface area contributed by atoms with Gasteiger partial charge in [0.25, 0.3) is 0 Å². The van der Waals surface area contributed by atoms with Crippen LogP contribution in [0.1, 0.15) is 31.7 Å². The second kappa shape index (κ2) is 7.28. The lowest BCUT2D eigenvalue weighted by Crippen LogP contribution is -2.43. The van der Waals surface area contributed by atoms with E-state index < -0.39 is 0 Å². The van der Waals surface area contributed by atoms with Gasteiger partial charge in [-0.25, -0.2) is 0 Å². The fourth-order valence-electron chi connectivity index (χ4n) is 3.67. The van der Waals surface area contributed by atoms with E-state index >= 15 is 0 Å². The molecule has 2 heterocycles. The van der Waals surface area contributed by atoms with Gasteiger partial charge in [-0.1, -0.05) is 25.1 Å². The molecule has 3 nitrogen and oxygen atoms in total. The lowest BCUT2D eigenvalue weighted by atomic mass is 10.1. The highest BCUT2D eigenvalue weighted by Gasteiger charge is 2.19. The van der Waals surface area contributed by atoms with Crippen molar-refractivity contribution in [2.45, 2.75) is 38.6 Å². The molecule has 0 saturated carbocycles. The molecule has 0 amide bonds. The highest BCUT2D eigenvalue weighted by molar-refractivity contribution is 5.57. The highest BCUT2D eigenvalue weighted by Crippen LogP contribution is 2.27. The van der Waals surface area contributed by atoms with Crippen LogP contribution in [-0.4, -0.2) is 50.2 Å². The number of hydrogen-bond acceptors (Lipinski definition) is 3. The maximum absolute atomic E-state index is 3.76. The quantitative estimate of drug-likeness (QED) is 0.811. The molecule has 1 N–H and O–H groups in total. The van der Waals surface area contributed by atoms with E-state index in [1.165, 1.54) is 69.7 Å². The summed E-state index contributed by atoms with van der Waals surface area (Å²) in [5, 5.41) is 3.76. The Balaban J connectivity index is 1.34. The van der Waals surface area contributed by atoms with Gasteiger partial charge >= 0.3 is 0 Å². The number of nitrogens with zero attached hydrogens (tertiary/aromatic N) is 2. The van der Waals surface area contributed by atoms with Crippen LogP contribution in [0.15, 0.2) is 24.3 Å². The summed E-state index contributed by atoms with van der Waals surface area (Å²) < 4.78 is 0. The maximum Gasteiger partial charge on any atom is 0.0399 e. The van der Waals surface area contributed by atoms with Crippen LogP contribution in [0.4, 0.5) is 5.69 Å². The topological polar surface area (TPSA) is 18.5 Å². The molecule has 0 spiro atoms. The molecule has 1 aromatic rings. The molecule has 0 unspecified atom stereocenters. The minimum absolute atomic E-state index is 0.749. The average molecular weight is 287 g/mol.